The molecule has 1 saturated heterocycles. The van der Waals surface area contributed by atoms with E-state index in [-0.39, 0.29) is 17.2 Å². The quantitative estimate of drug-likeness (QED) is 0.374. The first-order valence-electron chi connectivity index (χ1n) is 10.2. The number of rotatable bonds is 5. The van der Waals surface area contributed by atoms with E-state index in [1.807, 2.05) is 39.0 Å². The highest BCUT2D eigenvalue weighted by Crippen LogP contribution is 2.41. The van der Waals surface area contributed by atoms with Gasteiger partial charge < -0.3 is 35.4 Å². The summed E-state index contributed by atoms with van der Waals surface area (Å²) in [7, 11) is 0. The minimum absolute atomic E-state index is 0.0184. The normalized spacial score (nSPS) is 27.5. The van der Waals surface area contributed by atoms with Gasteiger partial charge in [0.15, 0.2) is 0 Å². The average Bonchev–Trinajstić information content (AvgIpc) is 2.72. The Morgan fingerprint density at radius 3 is 2.23 bits per heavy atom. The number of aromatic hydroxyl groups is 1. The fraction of sp³-hybridized carbons (Fsp3) is 0.478. The number of halogens is 1. The molecule has 7 nitrogen and oxygen atoms in total. The van der Waals surface area contributed by atoms with E-state index in [1.165, 1.54) is 6.07 Å². The van der Waals surface area contributed by atoms with Crippen LogP contribution in [0.5, 0.6) is 5.75 Å². The number of ether oxygens (including phenoxy) is 1. The lowest BCUT2D eigenvalue weighted by molar-refractivity contribution is -0.232. The second kappa shape index (κ2) is 9.54. The van der Waals surface area contributed by atoms with Gasteiger partial charge >= 0.3 is 0 Å². The van der Waals surface area contributed by atoms with Crippen molar-refractivity contribution in [2.45, 2.75) is 63.3 Å². The lowest BCUT2D eigenvalue weighted by Gasteiger charge is -2.40. The van der Waals surface area contributed by atoms with Crippen LogP contribution >= 0.6 is 15.9 Å². The van der Waals surface area contributed by atoms with Crippen LogP contribution in [0.3, 0.4) is 0 Å². The van der Waals surface area contributed by atoms with Gasteiger partial charge in [-0.15, -0.1) is 0 Å². The van der Waals surface area contributed by atoms with Gasteiger partial charge in [-0.05, 0) is 59.4 Å². The third kappa shape index (κ3) is 4.66. The van der Waals surface area contributed by atoms with Crippen LogP contribution in [-0.4, -0.2) is 61.7 Å². The molecule has 0 aliphatic carbocycles. The zero-order valence-electron chi connectivity index (χ0n) is 17.6. The van der Waals surface area contributed by atoms with Gasteiger partial charge in [0.1, 0.15) is 42.4 Å². The van der Waals surface area contributed by atoms with E-state index in [1.54, 1.807) is 6.07 Å². The number of phenols is 1. The molecule has 6 atom stereocenters. The highest BCUT2D eigenvalue weighted by Gasteiger charge is 2.45. The summed E-state index contributed by atoms with van der Waals surface area (Å²) in [4.78, 5) is 0. The zero-order valence-corrected chi connectivity index (χ0v) is 19.2. The van der Waals surface area contributed by atoms with Gasteiger partial charge in [0.05, 0.1) is 6.61 Å². The monoisotopic (exact) mass is 496 g/mol. The predicted octanol–water partition coefficient (Wildman–Crippen LogP) is 2.18. The van der Waals surface area contributed by atoms with Crippen LogP contribution < -0.4 is 0 Å². The Labute approximate surface area is 189 Å². The molecule has 170 valence electrons. The summed E-state index contributed by atoms with van der Waals surface area (Å²) in [5, 5.41) is 62.1. The molecule has 8 heteroatoms. The fourth-order valence-electron chi connectivity index (χ4n) is 4.08. The van der Waals surface area contributed by atoms with Gasteiger partial charge in [0.25, 0.3) is 0 Å². The summed E-state index contributed by atoms with van der Waals surface area (Å²) in [5.74, 6) is -0.188. The van der Waals surface area contributed by atoms with Gasteiger partial charge in [-0.3, -0.25) is 0 Å². The lowest BCUT2D eigenvalue weighted by Crippen LogP contribution is -2.55. The van der Waals surface area contributed by atoms with Crippen molar-refractivity contribution in [3.8, 4) is 5.75 Å². The van der Waals surface area contributed by atoms with Gasteiger partial charge in [-0.2, -0.15) is 0 Å². The standard InChI is InChI=1S/C23H29BrO7/c1-10(2)14-8-17(26)16(23-22(30)21(29)20(28)18(9-25)31-23)7-15(14)19(27)13-5-4-12(24)6-11(13)3/h4-8,10,18-23,25-30H,9H2,1-3H3/t18-,19?,20-,21+,22-,23+/m1/s1. The first-order valence-corrected chi connectivity index (χ1v) is 11.0. The van der Waals surface area contributed by atoms with E-state index >= 15 is 0 Å². The minimum Gasteiger partial charge on any atom is -0.508 e. The zero-order chi connectivity index (χ0) is 23.0. The number of aliphatic hydroxyl groups is 5. The Kier molecular flexibility index (Phi) is 7.43. The van der Waals surface area contributed by atoms with Crippen LogP contribution in [-0.2, 0) is 4.74 Å². The van der Waals surface area contributed by atoms with Crippen LogP contribution in [0.2, 0.25) is 0 Å². The van der Waals surface area contributed by atoms with E-state index in [0.29, 0.717) is 11.1 Å². The molecule has 1 unspecified atom stereocenters. The molecular formula is C23H29BrO7. The Morgan fingerprint density at radius 1 is 0.968 bits per heavy atom. The molecule has 0 saturated carbocycles. The predicted molar refractivity (Wildman–Crippen MR) is 118 cm³/mol. The summed E-state index contributed by atoms with van der Waals surface area (Å²) in [5.41, 5.74) is 2.98. The summed E-state index contributed by atoms with van der Waals surface area (Å²) in [6, 6.07) is 8.62. The molecule has 3 rings (SSSR count). The van der Waals surface area contributed by atoms with Gasteiger partial charge in [0.2, 0.25) is 0 Å². The third-order valence-corrected chi connectivity index (χ3v) is 6.37. The molecule has 1 aliphatic heterocycles. The van der Waals surface area contributed by atoms with E-state index < -0.39 is 43.2 Å². The molecule has 6 N–H and O–H groups in total. The van der Waals surface area contributed by atoms with Crippen molar-refractivity contribution in [1.29, 1.82) is 0 Å². The van der Waals surface area contributed by atoms with E-state index in [2.05, 4.69) is 15.9 Å². The first-order chi connectivity index (χ1) is 14.6. The van der Waals surface area contributed by atoms with Crippen molar-refractivity contribution in [2.75, 3.05) is 6.61 Å². The van der Waals surface area contributed by atoms with Crippen LogP contribution in [0.1, 0.15) is 59.8 Å². The highest BCUT2D eigenvalue weighted by molar-refractivity contribution is 9.10. The number of hydrogen-bond acceptors (Lipinski definition) is 7. The molecule has 0 radical (unpaired) electrons. The third-order valence-electron chi connectivity index (χ3n) is 5.87. The van der Waals surface area contributed by atoms with E-state index in [9.17, 15) is 30.6 Å². The van der Waals surface area contributed by atoms with Gasteiger partial charge in [-0.25, -0.2) is 0 Å². The van der Waals surface area contributed by atoms with Crippen molar-refractivity contribution < 1.29 is 35.4 Å². The van der Waals surface area contributed by atoms with Crippen LogP contribution in [0.15, 0.2) is 34.8 Å². The lowest BCUT2D eigenvalue weighted by atomic mass is 9.84. The van der Waals surface area contributed by atoms with Crippen LogP contribution in [0, 0.1) is 6.92 Å². The van der Waals surface area contributed by atoms with Crippen LogP contribution in [0.4, 0.5) is 0 Å². The number of aryl methyl sites for hydroxylation is 1. The largest absolute Gasteiger partial charge is 0.508 e. The molecule has 0 bridgehead atoms. The van der Waals surface area contributed by atoms with Gasteiger partial charge in [-0.1, -0.05) is 35.8 Å². The molecule has 1 heterocycles. The molecule has 31 heavy (non-hydrogen) atoms. The molecule has 0 aromatic heterocycles. The highest BCUT2D eigenvalue weighted by atomic mass is 79.9. The van der Waals surface area contributed by atoms with E-state index in [0.717, 1.165) is 15.6 Å². The summed E-state index contributed by atoms with van der Waals surface area (Å²) < 4.78 is 6.51. The number of phenolic OH excluding ortho intramolecular Hbond substituents is 1. The molecular weight excluding hydrogens is 468 g/mol. The minimum atomic E-state index is -1.57. The summed E-state index contributed by atoms with van der Waals surface area (Å²) in [6.07, 6.45) is -7.91. The molecule has 1 aliphatic rings. The smallest absolute Gasteiger partial charge is 0.121 e. The molecule has 0 amide bonds. The molecule has 2 aromatic rings. The number of benzene rings is 2. The van der Waals surface area contributed by atoms with Gasteiger partial charge in [0, 0.05) is 10.0 Å². The summed E-state index contributed by atoms with van der Waals surface area (Å²) in [6.45, 7) is 5.19. The maximum absolute atomic E-state index is 11.2. The second-order valence-electron chi connectivity index (χ2n) is 8.35. The average molecular weight is 497 g/mol. The SMILES string of the molecule is Cc1cc(Br)ccc1C(O)c1cc([C@@H]2O[C@H](CO)[C@@H](O)[C@H](O)[C@H]2O)c(O)cc1C(C)C. The Morgan fingerprint density at radius 2 is 1.65 bits per heavy atom. The number of hydrogen-bond donors (Lipinski definition) is 6. The maximum atomic E-state index is 11.2. The Bertz CT molecular complexity index is 930. The molecule has 1 fully saturated rings. The topological polar surface area (TPSA) is 131 Å². The van der Waals surface area contributed by atoms with Crippen molar-refractivity contribution in [2.24, 2.45) is 0 Å². The van der Waals surface area contributed by atoms with Crippen LogP contribution in [0.25, 0.3) is 0 Å². The fourth-order valence-corrected chi connectivity index (χ4v) is 4.55. The molecule has 2 aromatic carbocycles. The second-order valence-corrected chi connectivity index (χ2v) is 9.26. The Balaban J connectivity index is 2.11. The maximum Gasteiger partial charge on any atom is 0.121 e. The summed E-state index contributed by atoms with van der Waals surface area (Å²) >= 11 is 3.42. The Hall–Kier alpha value is -1.52. The van der Waals surface area contributed by atoms with Crippen molar-refractivity contribution in [3.63, 3.8) is 0 Å². The first kappa shape index (κ1) is 24.1. The van der Waals surface area contributed by atoms with Crippen molar-refractivity contribution in [1.82, 2.24) is 0 Å². The number of aliphatic hydroxyl groups excluding tert-OH is 5. The molecule has 0 spiro atoms. The van der Waals surface area contributed by atoms with E-state index in [4.69, 9.17) is 4.74 Å². The van der Waals surface area contributed by atoms with Crippen molar-refractivity contribution >= 4 is 15.9 Å². The van der Waals surface area contributed by atoms with Crippen molar-refractivity contribution in [3.05, 3.63) is 62.6 Å².